The van der Waals surface area contributed by atoms with Crippen molar-refractivity contribution in [2.75, 3.05) is 5.32 Å². The maximum atomic E-state index is 13.0. The van der Waals surface area contributed by atoms with Crippen molar-refractivity contribution < 1.29 is 9.18 Å². The fourth-order valence-electron chi connectivity index (χ4n) is 2.46. The van der Waals surface area contributed by atoms with Gasteiger partial charge in [0.25, 0.3) is 0 Å². The quantitative estimate of drug-likeness (QED) is 0.891. The van der Waals surface area contributed by atoms with Crippen LogP contribution in [0, 0.1) is 12.7 Å². The van der Waals surface area contributed by atoms with E-state index in [0.29, 0.717) is 10.7 Å². The number of hydrogen-bond donors (Lipinski definition) is 1. The second kappa shape index (κ2) is 5.15. The van der Waals surface area contributed by atoms with Gasteiger partial charge in [-0.25, -0.2) is 4.39 Å². The summed E-state index contributed by atoms with van der Waals surface area (Å²) in [6.07, 6.45) is 1.56. The molecule has 1 saturated carbocycles. The van der Waals surface area contributed by atoms with E-state index in [2.05, 4.69) is 5.32 Å². The number of rotatable bonds is 3. The molecule has 0 heterocycles. The van der Waals surface area contributed by atoms with E-state index in [0.717, 1.165) is 24.0 Å². The molecule has 0 spiro atoms. The minimum atomic E-state index is -0.523. The second-order valence-electron chi connectivity index (χ2n) is 5.51. The molecule has 2 aromatic rings. The zero-order chi connectivity index (χ0) is 15.0. The molecular formula is C17H15ClFNO. The molecule has 0 unspecified atom stereocenters. The molecule has 0 atom stereocenters. The highest BCUT2D eigenvalue weighted by atomic mass is 35.5. The first-order valence-corrected chi connectivity index (χ1v) is 7.23. The third-order valence-corrected chi connectivity index (χ3v) is 4.42. The van der Waals surface area contributed by atoms with Crippen molar-refractivity contribution in [1.82, 2.24) is 0 Å². The van der Waals surface area contributed by atoms with Crippen LogP contribution in [-0.2, 0) is 10.2 Å². The summed E-state index contributed by atoms with van der Waals surface area (Å²) >= 11 is 6.07. The minimum absolute atomic E-state index is 0.0611. The number of halogens is 2. The molecule has 0 bridgehead atoms. The lowest BCUT2D eigenvalue weighted by Gasteiger charge is -2.16. The third-order valence-electron chi connectivity index (χ3n) is 4.01. The molecule has 108 valence electrons. The maximum Gasteiger partial charge on any atom is 0.235 e. The highest BCUT2D eigenvalue weighted by Crippen LogP contribution is 2.49. The molecule has 2 aromatic carbocycles. The Balaban J connectivity index is 1.81. The van der Waals surface area contributed by atoms with Gasteiger partial charge in [-0.3, -0.25) is 4.79 Å². The summed E-state index contributed by atoms with van der Waals surface area (Å²) in [5.74, 6) is -0.352. The van der Waals surface area contributed by atoms with Crippen LogP contribution < -0.4 is 5.32 Å². The van der Waals surface area contributed by atoms with Crippen molar-refractivity contribution in [2.24, 2.45) is 0 Å². The summed E-state index contributed by atoms with van der Waals surface area (Å²) < 4.78 is 13.0. The highest BCUT2D eigenvalue weighted by Gasteiger charge is 2.51. The zero-order valence-electron chi connectivity index (χ0n) is 11.6. The number of carbonyl (C=O) groups is 1. The molecule has 21 heavy (non-hydrogen) atoms. The molecule has 1 fully saturated rings. The van der Waals surface area contributed by atoms with Crippen molar-refractivity contribution in [3.8, 4) is 0 Å². The van der Waals surface area contributed by atoms with Crippen LogP contribution in [0.2, 0.25) is 5.02 Å². The standard InChI is InChI=1S/C17H15ClFNO/c1-11-2-7-14(10-15(11)18)20-16(21)17(8-9-17)12-3-5-13(19)6-4-12/h2-7,10H,8-9H2,1H3,(H,20,21). The molecule has 4 heteroatoms. The van der Waals surface area contributed by atoms with E-state index < -0.39 is 5.41 Å². The van der Waals surface area contributed by atoms with E-state index in [9.17, 15) is 9.18 Å². The van der Waals surface area contributed by atoms with Crippen molar-refractivity contribution in [3.05, 3.63) is 64.4 Å². The highest BCUT2D eigenvalue weighted by molar-refractivity contribution is 6.31. The van der Waals surface area contributed by atoms with Gasteiger partial charge in [-0.2, -0.15) is 0 Å². The maximum absolute atomic E-state index is 13.0. The van der Waals surface area contributed by atoms with Crippen molar-refractivity contribution in [1.29, 1.82) is 0 Å². The Morgan fingerprint density at radius 1 is 1.19 bits per heavy atom. The van der Waals surface area contributed by atoms with Crippen LogP contribution in [0.3, 0.4) is 0 Å². The van der Waals surface area contributed by atoms with Crippen LogP contribution in [0.15, 0.2) is 42.5 Å². The normalized spacial score (nSPS) is 15.6. The summed E-state index contributed by atoms with van der Waals surface area (Å²) in [7, 11) is 0. The Labute approximate surface area is 127 Å². The first kappa shape index (κ1) is 14.1. The number of hydrogen-bond acceptors (Lipinski definition) is 1. The van der Waals surface area contributed by atoms with Gasteiger partial charge < -0.3 is 5.32 Å². The van der Waals surface area contributed by atoms with Gasteiger partial charge in [-0.05, 0) is 55.2 Å². The predicted molar refractivity (Wildman–Crippen MR) is 82.1 cm³/mol. The molecule has 1 aliphatic carbocycles. The van der Waals surface area contributed by atoms with E-state index in [4.69, 9.17) is 11.6 Å². The van der Waals surface area contributed by atoms with Crippen LogP contribution in [0.25, 0.3) is 0 Å². The summed E-state index contributed by atoms with van der Waals surface area (Å²) in [4.78, 5) is 12.5. The van der Waals surface area contributed by atoms with E-state index in [1.165, 1.54) is 12.1 Å². The Morgan fingerprint density at radius 2 is 1.86 bits per heavy atom. The Hall–Kier alpha value is -1.87. The lowest BCUT2D eigenvalue weighted by atomic mass is 9.95. The first-order chi connectivity index (χ1) is 10.0. The molecule has 1 aliphatic rings. The average Bonchev–Trinajstić information content (AvgIpc) is 3.25. The fourth-order valence-corrected chi connectivity index (χ4v) is 2.64. The fraction of sp³-hybridized carbons (Fsp3) is 0.235. The van der Waals surface area contributed by atoms with E-state index in [1.807, 2.05) is 19.1 Å². The number of aryl methyl sites for hydroxylation is 1. The summed E-state index contributed by atoms with van der Waals surface area (Å²) in [6, 6.07) is 11.6. The Kier molecular flexibility index (Phi) is 3.46. The van der Waals surface area contributed by atoms with Gasteiger partial charge in [0.1, 0.15) is 5.82 Å². The zero-order valence-corrected chi connectivity index (χ0v) is 12.4. The van der Waals surface area contributed by atoms with Gasteiger partial charge in [-0.1, -0.05) is 29.8 Å². The molecule has 1 amide bonds. The number of carbonyl (C=O) groups excluding carboxylic acids is 1. The molecular weight excluding hydrogens is 289 g/mol. The van der Waals surface area contributed by atoms with Gasteiger partial charge in [0.05, 0.1) is 5.41 Å². The molecule has 1 N–H and O–H groups in total. The number of anilines is 1. The van der Waals surface area contributed by atoms with Crippen LogP contribution in [-0.4, -0.2) is 5.91 Å². The Bertz CT molecular complexity index is 692. The number of amides is 1. The van der Waals surface area contributed by atoms with Crippen molar-refractivity contribution in [2.45, 2.75) is 25.2 Å². The van der Waals surface area contributed by atoms with Crippen molar-refractivity contribution in [3.63, 3.8) is 0 Å². The molecule has 0 radical (unpaired) electrons. The van der Waals surface area contributed by atoms with Crippen LogP contribution in [0.1, 0.15) is 24.0 Å². The minimum Gasteiger partial charge on any atom is -0.325 e. The molecule has 0 aromatic heterocycles. The topological polar surface area (TPSA) is 29.1 Å². The van der Waals surface area contributed by atoms with E-state index in [1.54, 1.807) is 18.2 Å². The second-order valence-corrected chi connectivity index (χ2v) is 5.91. The van der Waals surface area contributed by atoms with E-state index >= 15 is 0 Å². The third kappa shape index (κ3) is 2.66. The lowest BCUT2D eigenvalue weighted by molar-refractivity contribution is -0.118. The van der Waals surface area contributed by atoms with Crippen molar-refractivity contribution >= 4 is 23.2 Å². The monoisotopic (exact) mass is 303 g/mol. The van der Waals surface area contributed by atoms with E-state index in [-0.39, 0.29) is 11.7 Å². The van der Waals surface area contributed by atoms with Crippen LogP contribution in [0.5, 0.6) is 0 Å². The SMILES string of the molecule is Cc1ccc(NC(=O)C2(c3ccc(F)cc3)CC2)cc1Cl. The Morgan fingerprint density at radius 3 is 2.43 bits per heavy atom. The average molecular weight is 304 g/mol. The van der Waals surface area contributed by atoms with Gasteiger partial charge in [0, 0.05) is 10.7 Å². The molecule has 3 rings (SSSR count). The summed E-state index contributed by atoms with van der Waals surface area (Å²) in [5, 5.41) is 3.53. The molecule has 0 saturated heterocycles. The van der Waals surface area contributed by atoms with Crippen LogP contribution in [0.4, 0.5) is 10.1 Å². The first-order valence-electron chi connectivity index (χ1n) is 6.85. The van der Waals surface area contributed by atoms with Crippen LogP contribution >= 0.6 is 11.6 Å². The van der Waals surface area contributed by atoms with Gasteiger partial charge in [0.2, 0.25) is 5.91 Å². The van der Waals surface area contributed by atoms with Gasteiger partial charge >= 0.3 is 0 Å². The number of benzene rings is 2. The van der Waals surface area contributed by atoms with Gasteiger partial charge in [-0.15, -0.1) is 0 Å². The van der Waals surface area contributed by atoms with Gasteiger partial charge in [0.15, 0.2) is 0 Å². The lowest BCUT2D eigenvalue weighted by Crippen LogP contribution is -2.27. The number of nitrogens with one attached hydrogen (secondary N) is 1. The smallest absolute Gasteiger partial charge is 0.235 e. The predicted octanol–water partition coefficient (Wildman–Crippen LogP) is 4.46. The summed E-state index contributed by atoms with van der Waals surface area (Å²) in [6.45, 7) is 1.91. The molecule has 0 aliphatic heterocycles. The largest absolute Gasteiger partial charge is 0.325 e. The summed E-state index contributed by atoms with van der Waals surface area (Å²) in [5.41, 5.74) is 1.99. The molecule has 2 nitrogen and oxygen atoms in total.